The van der Waals surface area contributed by atoms with Crippen molar-refractivity contribution < 1.29 is 4.79 Å². The normalized spacial score (nSPS) is 10.8. The standard InChI is InChI=1S/C16H19Cl2N5O/c1-10-8-14(15(24)19-6-7-23(2)3)22-16(20-10)21-11-4-5-12(17)13(18)9-11/h4-5,8-9H,6-7H2,1-3H3,(H,19,24)(H,20,21,22). The Morgan fingerprint density at radius 3 is 2.58 bits per heavy atom. The summed E-state index contributed by atoms with van der Waals surface area (Å²) in [6.45, 7) is 3.10. The van der Waals surface area contributed by atoms with Crippen LogP contribution in [0.4, 0.5) is 11.6 Å². The first-order valence-corrected chi connectivity index (χ1v) is 8.11. The van der Waals surface area contributed by atoms with Gasteiger partial charge in [-0.1, -0.05) is 23.2 Å². The number of carbonyl (C=O) groups excluding carboxylic acids is 1. The number of anilines is 2. The van der Waals surface area contributed by atoms with Gasteiger partial charge >= 0.3 is 0 Å². The zero-order chi connectivity index (χ0) is 17.7. The molecule has 0 aliphatic carbocycles. The van der Waals surface area contributed by atoms with Crippen LogP contribution in [0.15, 0.2) is 24.3 Å². The highest BCUT2D eigenvalue weighted by Gasteiger charge is 2.11. The van der Waals surface area contributed by atoms with Gasteiger partial charge in [0.25, 0.3) is 5.91 Å². The van der Waals surface area contributed by atoms with Crippen LogP contribution >= 0.6 is 23.2 Å². The number of amides is 1. The van der Waals surface area contributed by atoms with Crippen molar-refractivity contribution in [1.29, 1.82) is 0 Å². The first-order chi connectivity index (χ1) is 11.3. The summed E-state index contributed by atoms with van der Waals surface area (Å²) in [5, 5.41) is 6.75. The highest BCUT2D eigenvalue weighted by molar-refractivity contribution is 6.42. The zero-order valence-electron chi connectivity index (χ0n) is 13.7. The second kappa shape index (κ2) is 8.28. The van der Waals surface area contributed by atoms with Gasteiger partial charge in [-0.2, -0.15) is 0 Å². The predicted octanol–water partition coefficient (Wildman–Crippen LogP) is 3.13. The van der Waals surface area contributed by atoms with E-state index >= 15 is 0 Å². The number of hydrogen-bond acceptors (Lipinski definition) is 5. The van der Waals surface area contributed by atoms with Gasteiger partial charge in [-0.25, -0.2) is 9.97 Å². The summed E-state index contributed by atoms with van der Waals surface area (Å²) >= 11 is 11.9. The molecule has 0 fully saturated rings. The average molecular weight is 368 g/mol. The summed E-state index contributed by atoms with van der Waals surface area (Å²) in [6, 6.07) is 6.76. The Hall–Kier alpha value is -1.89. The Morgan fingerprint density at radius 2 is 1.92 bits per heavy atom. The maximum Gasteiger partial charge on any atom is 0.270 e. The molecule has 0 bridgehead atoms. The highest BCUT2D eigenvalue weighted by atomic mass is 35.5. The Kier molecular flexibility index (Phi) is 6.36. The molecule has 2 rings (SSSR count). The van der Waals surface area contributed by atoms with Crippen molar-refractivity contribution in [2.75, 3.05) is 32.5 Å². The molecule has 6 nitrogen and oxygen atoms in total. The number of likely N-dealkylation sites (N-methyl/N-ethyl adjacent to an activating group) is 1. The van der Waals surface area contributed by atoms with Crippen LogP contribution in [-0.2, 0) is 0 Å². The van der Waals surface area contributed by atoms with E-state index in [9.17, 15) is 4.79 Å². The van der Waals surface area contributed by atoms with E-state index in [1.807, 2.05) is 19.0 Å². The van der Waals surface area contributed by atoms with E-state index in [0.717, 1.165) is 6.54 Å². The van der Waals surface area contributed by atoms with Crippen LogP contribution in [0, 0.1) is 6.92 Å². The van der Waals surface area contributed by atoms with Crippen molar-refractivity contribution in [3.63, 3.8) is 0 Å². The fourth-order valence-electron chi connectivity index (χ4n) is 1.93. The molecule has 0 saturated heterocycles. The molecule has 1 aromatic carbocycles. The van der Waals surface area contributed by atoms with Crippen molar-refractivity contribution in [2.24, 2.45) is 0 Å². The second-order valence-corrected chi connectivity index (χ2v) is 6.35. The minimum atomic E-state index is -0.237. The van der Waals surface area contributed by atoms with Gasteiger partial charge in [0, 0.05) is 24.5 Å². The second-order valence-electron chi connectivity index (χ2n) is 5.53. The van der Waals surface area contributed by atoms with Gasteiger partial charge in [0.15, 0.2) is 0 Å². The average Bonchev–Trinajstić information content (AvgIpc) is 2.50. The van der Waals surface area contributed by atoms with Crippen LogP contribution in [0.2, 0.25) is 10.0 Å². The van der Waals surface area contributed by atoms with Crippen molar-refractivity contribution >= 4 is 40.7 Å². The lowest BCUT2D eigenvalue weighted by Crippen LogP contribution is -2.32. The van der Waals surface area contributed by atoms with Crippen LogP contribution in [0.1, 0.15) is 16.2 Å². The lowest BCUT2D eigenvalue weighted by atomic mass is 10.3. The number of halogens is 2. The molecule has 0 aliphatic heterocycles. The molecule has 2 N–H and O–H groups in total. The number of carbonyl (C=O) groups is 1. The van der Waals surface area contributed by atoms with Crippen molar-refractivity contribution in [3.8, 4) is 0 Å². The molecule has 24 heavy (non-hydrogen) atoms. The van der Waals surface area contributed by atoms with E-state index in [0.29, 0.717) is 39.6 Å². The Labute approximate surface area is 151 Å². The van der Waals surface area contributed by atoms with Gasteiger partial charge in [-0.3, -0.25) is 4.79 Å². The lowest BCUT2D eigenvalue weighted by molar-refractivity contribution is 0.0946. The molecule has 0 spiro atoms. The fraction of sp³-hybridized carbons (Fsp3) is 0.312. The molecule has 0 atom stereocenters. The first-order valence-electron chi connectivity index (χ1n) is 7.36. The van der Waals surface area contributed by atoms with Crippen LogP contribution in [0.3, 0.4) is 0 Å². The van der Waals surface area contributed by atoms with Gasteiger partial charge in [-0.15, -0.1) is 0 Å². The predicted molar refractivity (Wildman–Crippen MR) is 97.4 cm³/mol. The molecule has 1 aromatic heterocycles. The van der Waals surface area contributed by atoms with Gasteiger partial charge in [-0.05, 0) is 45.3 Å². The summed E-state index contributed by atoms with van der Waals surface area (Å²) in [5.74, 6) is 0.0886. The molecule has 128 valence electrons. The SMILES string of the molecule is Cc1cc(C(=O)NCCN(C)C)nc(Nc2ccc(Cl)c(Cl)c2)n1. The Balaban J connectivity index is 2.12. The minimum absolute atomic E-state index is 0.237. The molecule has 0 unspecified atom stereocenters. The van der Waals surface area contributed by atoms with Gasteiger partial charge in [0.1, 0.15) is 5.69 Å². The maximum absolute atomic E-state index is 12.2. The third kappa shape index (κ3) is 5.33. The van der Waals surface area contributed by atoms with Gasteiger partial charge in [0.05, 0.1) is 10.0 Å². The van der Waals surface area contributed by atoms with Crippen LogP contribution in [0.25, 0.3) is 0 Å². The van der Waals surface area contributed by atoms with E-state index in [1.54, 1.807) is 31.2 Å². The quantitative estimate of drug-likeness (QED) is 0.820. The van der Waals surface area contributed by atoms with Crippen molar-refractivity contribution in [1.82, 2.24) is 20.2 Å². The summed E-state index contributed by atoms with van der Waals surface area (Å²) in [5.41, 5.74) is 1.68. The molecule has 2 aromatic rings. The van der Waals surface area contributed by atoms with E-state index in [2.05, 4.69) is 20.6 Å². The van der Waals surface area contributed by atoms with E-state index < -0.39 is 0 Å². The van der Waals surface area contributed by atoms with Crippen LogP contribution in [-0.4, -0.2) is 48.0 Å². The summed E-state index contributed by atoms with van der Waals surface area (Å²) < 4.78 is 0. The number of aryl methyl sites for hydroxylation is 1. The van der Waals surface area contributed by atoms with Crippen LogP contribution < -0.4 is 10.6 Å². The first kappa shape index (κ1) is 18.4. The Bertz CT molecular complexity index is 736. The number of benzene rings is 1. The van der Waals surface area contributed by atoms with Gasteiger partial charge < -0.3 is 15.5 Å². The number of rotatable bonds is 6. The third-order valence-corrected chi connectivity index (χ3v) is 3.85. The number of nitrogens with zero attached hydrogens (tertiary/aromatic N) is 3. The topological polar surface area (TPSA) is 70.2 Å². The summed E-state index contributed by atoms with van der Waals surface area (Å²) in [6.07, 6.45) is 0. The van der Waals surface area contributed by atoms with Crippen molar-refractivity contribution in [3.05, 3.63) is 45.7 Å². The zero-order valence-corrected chi connectivity index (χ0v) is 15.2. The fourth-order valence-corrected chi connectivity index (χ4v) is 2.23. The molecule has 8 heteroatoms. The minimum Gasteiger partial charge on any atom is -0.349 e. The molecular weight excluding hydrogens is 349 g/mol. The van der Waals surface area contributed by atoms with E-state index in [-0.39, 0.29) is 5.91 Å². The number of hydrogen-bond donors (Lipinski definition) is 2. The maximum atomic E-state index is 12.2. The molecule has 1 heterocycles. The Morgan fingerprint density at radius 1 is 1.17 bits per heavy atom. The molecule has 1 amide bonds. The third-order valence-electron chi connectivity index (χ3n) is 3.11. The summed E-state index contributed by atoms with van der Waals surface area (Å²) in [4.78, 5) is 22.7. The van der Waals surface area contributed by atoms with Crippen molar-refractivity contribution in [2.45, 2.75) is 6.92 Å². The lowest BCUT2D eigenvalue weighted by Gasteiger charge is -2.11. The molecule has 0 saturated carbocycles. The molecule has 0 radical (unpaired) electrons. The molecular formula is C16H19Cl2N5O. The largest absolute Gasteiger partial charge is 0.349 e. The van der Waals surface area contributed by atoms with Crippen LogP contribution in [0.5, 0.6) is 0 Å². The summed E-state index contributed by atoms with van der Waals surface area (Å²) in [7, 11) is 3.89. The van der Waals surface area contributed by atoms with Gasteiger partial charge in [0.2, 0.25) is 5.95 Å². The van der Waals surface area contributed by atoms with E-state index in [1.165, 1.54) is 0 Å². The van der Waals surface area contributed by atoms with E-state index in [4.69, 9.17) is 23.2 Å². The number of aromatic nitrogens is 2. The highest BCUT2D eigenvalue weighted by Crippen LogP contribution is 2.26. The monoisotopic (exact) mass is 367 g/mol. The number of nitrogens with one attached hydrogen (secondary N) is 2. The molecule has 0 aliphatic rings. The smallest absolute Gasteiger partial charge is 0.270 e.